The van der Waals surface area contributed by atoms with Gasteiger partial charge in [0.1, 0.15) is 0 Å². The van der Waals surface area contributed by atoms with Crippen molar-refractivity contribution in [3.63, 3.8) is 0 Å². The summed E-state index contributed by atoms with van der Waals surface area (Å²) >= 11 is 0. The predicted octanol–water partition coefficient (Wildman–Crippen LogP) is 9.24. The molecule has 5 nitrogen and oxygen atoms in total. The first kappa shape index (κ1) is 37.0. The van der Waals surface area contributed by atoms with E-state index in [4.69, 9.17) is 10.2 Å². The molecule has 2 heterocycles. The fourth-order valence-electron chi connectivity index (χ4n) is 6.19. The van der Waals surface area contributed by atoms with Crippen LogP contribution in [-0.2, 0) is 20.1 Å². The molecular weight excluding hydrogens is 771 g/mol. The van der Waals surface area contributed by atoms with Crippen LogP contribution in [0.2, 0.25) is 0 Å². The molecule has 6 heteroatoms. The minimum atomic E-state index is -0.375. The first-order valence-corrected chi connectivity index (χ1v) is 16.7. The summed E-state index contributed by atoms with van der Waals surface area (Å²) in [5.74, 6) is 0.769. The fourth-order valence-corrected chi connectivity index (χ4v) is 6.19. The number of nitrogens with zero attached hydrogens (tertiary/aromatic N) is 3. The van der Waals surface area contributed by atoms with Crippen LogP contribution in [0.4, 0.5) is 5.69 Å². The van der Waals surface area contributed by atoms with E-state index in [1.54, 1.807) is 13.8 Å². The van der Waals surface area contributed by atoms with Gasteiger partial charge in [0.15, 0.2) is 0 Å². The minimum Gasteiger partial charge on any atom is -0.504 e. The van der Waals surface area contributed by atoms with E-state index in [1.165, 1.54) is 59.7 Å². The van der Waals surface area contributed by atoms with E-state index in [0.717, 1.165) is 22.9 Å². The van der Waals surface area contributed by atoms with Crippen molar-refractivity contribution in [2.75, 3.05) is 11.9 Å². The van der Waals surface area contributed by atoms with Gasteiger partial charge in [0, 0.05) is 11.9 Å². The standard InChI is InChI=1S/C22H24N2.C15H10N.C5H12O2.Ir/c1-23-17-24(21-10-6-3-7-11-21)16-22(23)20-14-12-19(13-15-20)18-8-4-2-5-9-18;1-2-7-13(8-3-1)15-14-9-5-4-6-12(14)10-11-16-15;1-4(6)3-5(2)7;/h3,6-7,10,12-18H,2,4-5,8-9H2,1H3;1-7,9-11H;4-7H,3H2,1-2H3;/q-2;-1;;+3. The number of para-hydroxylation sites is 1. The zero-order valence-electron chi connectivity index (χ0n) is 28.1. The molecule has 2 atom stereocenters. The monoisotopic (exact) mass is 817 g/mol. The van der Waals surface area contributed by atoms with Crippen LogP contribution in [0.3, 0.4) is 0 Å². The Labute approximate surface area is 300 Å². The Bertz CT molecular complexity index is 1670. The molecular formula is C42H46IrN3O2. The Morgan fingerprint density at radius 2 is 1.48 bits per heavy atom. The first-order valence-electron chi connectivity index (χ1n) is 16.7. The Balaban J connectivity index is 0.000000187. The maximum absolute atomic E-state index is 8.56. The van der Waals surface area contributed by atoms with E-state index < -0.39 is 0 Å². The van der Waals surface area contributed by atoms with E-state index in [1.807, 2.05) is 66.9 Å². The van der Waals surface area contributed by atoms with Crippen molar-refractivity contribution in [3.05, 3.63) is 145 Å². The SMILES string of the molecule is CC(O)CC(C)O.CN1[CH-]N(c2[c-]cccc2)C=C1c1ccc(C2CCCCC2)cc1.[Ir+3].[c-]1ccccc1-c1nccc2ccccc12. The van der Waals surface area contributed by atoms with Crippen molar-refractivity contribution in [3.8, 4) is 11.3 Å². The van der Waals surface area contributed by atoms with Crippen LogP contribution in [-0.4, -0.2) is 39.4 Å². The number of aliphatic hydroxyl groups is 2. The molecule has 1 aliphatic heterocycles. The van der Waals surface area contributed by atoms with Crippen molar-refractivity contribution in [2.24, 2.45) is 0 Å². The molecule has 48 heavy (non-hydrogen) atoms. The van der Waals surface area contributed by atoms with Crippen LogP contribution < -0.4 is 4.90 Å². The van der Waals surface area contributed by atoms with Crippen molar-refractivity contribution in [1.29, 1.82) is 0 Å². The van der Waals surface area contributed by atoms with Gasteiger partial charge in [0.2, 0.25) is 0 Å². The molecule has 0 saturated heterocycles. The van der Waals surface area contributed by atoms with Crippen molar-refractivity contribution in [1.82, 2.24) is 9.88 Å². The molecule has 1 aliphatic carbocycles. The Morgan fingerprint density at radius 1 is 0.812 bits per heavy atom. The molecule has 4 aromatic carbocycles. The number of aromatic nitrogens is 1. The third kappa shape index (κ3) is 10.3. The van der Waals surface area contributed by atoms with Gasteiger partial charge in [-0.05, 0) is 85.9 Å². The van der Waals surface area contributed by atoms with E-state index >= 15 is 0 Å². The second-order valence-corrected chi connectivity index (χ2v) is 12.4. The number of rotatable bonds is 6. The van der Waals surface area contributed by atoms with Gasteiger partial charge < -0.3 is 25.0 Å². The molecule has 0 amide bonds. The van der Waals surface area contributed by atoms with Crippen LogP contribution in [0, 0.1) is 18.8 Å². The summed E-state index contributed by atoms with van der Waals surface area (Å²) in [4.78, 5) is 8.75. The van der Waals surface area contributed by atoms with Gasteiger partial charge in [0.25, 0.3) is 0 Å². The van der Waals surface area contributed by atoms with Gasteiger partial charge in [-0.3, -0.25) is 0 Å². The molecule has 1 fully saturated rings. The molecule has 250 valence electrons. The number of pyridine rings is 1. The predicted molar refractivity (Wildman–Crippen MR) is 194 cm³/mol. The van der Waals surface area contributed by atoms with Crippen molar-refractivity contribution in [2.45, 2.75) is 70.5 Å². The number of anilines is 1. The molecule has 0 spiro atoms. The number of hydrogen-bond acceptors (Lipinski definition) is 5. The van der Waals surface area contributed by atoms with Gasteiger partial charge in [-0.1, -0.05) is 67.8 Å². The van der Waals surface area contributed by atoms with Crippen LogP contribution >= 0.6 is 0 Å². The smallest absolute Gasteiger partial charge is 0.504 e. The van der Waals surface area contributed by atoms with Crippen LogP contribution in [0.5, 0.6) is 0 Å². The average molecular weight is 817 g/mol. The maximum Gasteiger partial charge on any atom is 3.00 e. The van der Waals surface area contributed by atoms with E-state index in [0.29, 0.717) is 6.42 Å². The molecule has 2 aliphatic rings. The molecule has 5 aromatic rings. The topological polar surface area (TPSA) is 59.8 Å². The molecule has 1 saturated carbocycles. The van der Waals surface area contributed by atoms with Gasteiger partial charge in [-0.2, -0.15) is 37.0 Å². The summed E-state index contributed by atoms with van der Waals surface area (Å²) in [6.45, 7) is 5.43. The van der Waals surface area contributed by atoms with Crippen LogP contribution in [0.1, 0.15) is 69.4 Å². The number of fused-ring (bicyclic) bond motifs is 1. The summed E-state index contributed by atoms with van der Waals surface area (Å²) in [5, 5.41) is 19.5. The van der Waals surface area contributed by atoms with E-state index in [-0.39, 0.29) is 32.3 Å². The minimum absolute atomic E-state index is 0. The zero-order valence-corrected chi connectivity index (χ0v) is 30.5. The largest absolute Gasteiger partial charge is 3.00 e. The van der Waals surface area contributed by atoms with Crippen molar-refractivity contribution < 1.29 is 30.3 Å². The first-order chi connectivity index (χ1) is 22.9. The molecule has 2 unspecified atom stereocenters. The second kappa shape index (κ2) is 18.7. The fraction of sp³-hybridized carbons (Fsp3) is 0.286. The molecule has 0 radical (unpaired) electrons. The Morgan fingerprint density at radius 3 is 2.10 bits per heavy atom. The molecule has 7 rings (SSSR count). The average Bonchev–Trinajstić information content (AvgIpc) is 3.50. The second-order valence-electron chi connectivity index (χ2n) is 12.4. The third-order valence-electron chi connectivity index (χ3n) is 8.51. The Hall–Kier alpha value is -3.80. The summed E-state index contributed by atoms with van der Waals surface area (Å²) < 4.78 is 0. The van der Waals surface area contributed by atoms with E-state index in [9.17, 15) is 0 Å². The maximum atomic E-state index is 8.56. The number of aliphatic hydroxyl groups excluding tert-OH is 2. The van der Waals surface area contributed by atoms with Gasteiger partial charge >= 0.3 is 20.1 Å². The van der Waals surface area contributed by atoms with E-state index in [2.05, 4.69) is 89.3 Å². The summed E-state index contributed by atoms with van der Waals surface area (Å²) in [6, 6.07) is 42.0. The molecule has 2 N–H and O–H groups in total. The number of benzene rings is 4. The van der Waals surface area contributed by atoms with Gasteiger partial charge in [-0.25, -0.2) is 0 Å². The Kier molecular flexibility index (Phi) is 14.4. The van der Waals surface area contributed by atoms with Crippen LogP contribution in [0.25, 0.3) is 27.7 Å². The normalized spacial score (nSPS) is 15.6. The molecule has 1 aromatic heterocycles. The summed E-state index contributed by atoms with van der Waals surface area (Å²) in [5.41, 5.74) is 7.11. The summed E-state index contributed by atoms with van der Waals surface area (Å²) in [7, 11) is 2.10. The van der Waals surface area contributed by atoms with Gasteiger partial charge in [0.05, 0.1) is 12.2 Å². The third-order valence-corrected chi connectivity index (χ3v) is 8.51. The number of hydrogen-bond donors (Lipinski definition) is 2. The van der Waals surface area contributed by atoms with Crippen LogP contribution in [0.15, 0.2) is 116 Å². The summed E-state index contributed by atoms with van der Waals surface area (Å²) in [6.07, 6.45) is 10.6. The quantitative estimate of drug-likeness (QED) is 0.168. The van der Waals surface area contributed by atoms with Gasteiger partial charge in [-0.15, -0.1) is 41.6 Å². The zero-order chi connectivity index (χ0) is 33.0. The molecule has 0 bridgehead atoms. The van der Waals surface area contributed by atoms with Crippen molar-refractivity contribution >= 4 is 22.2 Å².